The van der Waals surface area contributed by atoms with Gasteiger partial charge in [-0.1, -0.05) is 12.1 Å². The summed E-state index contributed by atoms with van der Waals surface area (Å²) in [6.45, 7) is 3.49. The second-order valence-electron chi connectivity index (χ2n) is 4.71. The molecular weight excluding hydrogens is 205 g/mol. The van der Waals surface area contributed by atoms with E-state index in [4.69, 9.17) is 5.11 Å². The van der Waals surface area contributed by atoms with Gasteiger partial charge < -0.3 is 10.4 Å². The molecule has 1 aliphatic rings. The molecule has 0 aromatic heterocycles. The summed E-state index contributed by atoms with van der Waals surface area (Å²) in [4.78, 5) is 0. The number of benzene rings is 1. The van der Waals surface area contributed by atoms with E-state index in [1.807, 2.05) is 12.1 Å². The standard InChI is InChI=1S/C13H18FNO/c1-9-4-10(2-3-13(9)14)7-15-8-11-5-12(16)6-11/h2-4,11-12,15-16H,5-8H2,1H3. The first-order valence-corrected chi connectivity index (χ1v) is 5.79. The largest absolute Gasteiger partial charge is 0.393 e. The van der Waals surface area contributed by atoms with Gasteiger partial charge in [0.25, 0.3) is 0 Å². The molecule has 0 atom stereocenters. The number of hydrogen-bond acceptors (Lipinski definition) is 2. The maximum absolute atomic E-state index is 13.0. The third kappa shape index (κ3) is 2.80. The average molecular weight is 223 g/mol. The average Bonchev–Trinajstić information content (AvgIpc) is 2.21. The van der Waals surface area contributed by atoms with Gasteiger partial charge in [0.2, 0.25) is 0 Å². The lowest BCUT2D eigenvalue weighted by atomic mass is 9.82. The molecular formula is C13H18FNO. The second-order valence-corrected chi connectivity index (χ2v) is 4.71. The van der Waals surface area contributed by atoms with E-state index in [0.717, 1.165) is 31.5 Å². The van der Waals surface area contributed by atoms with E-state index in [1.165, 1.54) is 6.07 Å². The van der Waals surface area contributed by atoms with Crippen LogP contribution in [0.1, 0.15) is 24.0 Å². The monoisotopic (exact) mass is 223 g/mol. The predicted molar refractivity (Wildman–Crippen MR) is 61.6 cm³/mol. The SMILES string of the molecule is Cc1cc(CNCC2CC(O)C2)ccc1F. The normalized spacial score (nSPS) is 24.2. The summed E-state index contributed by atoms with van der Waals surface area (Å²) in [5, 5.41) is 12.5. The number of hydrogen-bond donors (Lipinski definition) is 2. The second kappa shape index (κ2) is 4.93. The quantitative estimate of drug-likeness (QED) is 0.818. The predicted octanol–water partition coefficient (Wildman–Crippen LogP) is 1.99. The Morgan fingerprint density at radius 2 is 2.19 bits per heavy atom. The van der Waals surface area contributed by atoms with Gasteiger partial charge in [0, 0.05) is 6.54 Å². The lowest BCUT2D eigenvalue weighted by molar-refractivity contribution is 0.0430. The van der Waals surface area contributed by atoms with E-state index in [2.05, 4.69) is 5.32 Å². The van der Waals surface area contributed by atoms with Crippen molar-refractivity contribution in [3.8, 4) is 0 Å². The summed E-state index contributed by atoms with van der Waals surface area (Å²) in [5.41, 5.74) is 1.80. The van der Waals surface area contributed by atoms with Gasteiger partial charge in [-0.25, -0.2) is 4.39 Å². The summed E-state index contributed by atoms with van der Waals surface area (Å²) in [6.07, 6.45) is 1.74. The van der Waals surface area contributed by atoms with Crippen molar-refractivity contribution in [1.29, 1.82) is 0 Å². The minimum absolute atomic E-state index is 0.0835. The van der Waals surface area contributed by atoms with E-state index in [-0.39, 0.29) is 11.9 Å². The van der Waals surface area contributed by atoms with E-state index in [0.29, 0.717) is 11.5 Å². The van der Waals surface area contributed by atoms with Gasteiger partial charge in [-0.05, 0) is 49.4 Å². The Bertz CT molecular complexity index is 361. The fourth-order valence-electron chi connectivity index (χ4n) is 2.10. The molecule has 0 aliphatic heterocycles. The van der Waals surface area contributed by atoms with Gasteiger partial charge >= 0.3 is 0 Å². The molecule has 0 heterocycles. The van der Waals surface area contributed by atoms with Crippen LogP contribution in [0.15, 0.2) is 18.2 Å². The third-order valence-electron chi connectivity index (χ3n) is 3.20. The molecule has 0 spiro atoms. The zero-order valence-electron chi connectivity index (χ0n) is 9.54. The molecule has 3 heteroatoms. The number of halogens is 1. The third-order valence-corrected chi connectivity index (χ3v) is 3.20. The maximum atomic E-state index is 13.0. The highest BCUT2D eigenvalue weighted by molar-refractivity contribution is 5.23. The van der Waals surface area contributed by atoms with Crippen molar-refractivity contribution in [3.63, 3.8) is 0 Å². The zero-order valence-corrected chi connectivity index (χ0v) is 9.54. The first-order valence-electron chi connectivity index (χ1n) is 5.79. The number of aryl methyl sites for hydroxylation is 1. The number of aliphatic hydroxyl groups is 1. The van der Waals surface area contributed by atoms with Gasteiger partial charge in [0.1, 0.15) is 5.82 Å². The Hall–Kier alpha value is -0.930. The summed E-state index contributed by atoms with van der Waals surface area (Å²) in [5.74, 6) is 0.461. The van der Waals surface area contributed by atoms with Crippen LogP contribution in [-0.2, 0) is 6.54 Å². The van der Waals surface area contributed by atoms with Crippen LogP contribution in [-0.4, -0.2) is 17.8 Å². The molecule has 1 aromatic carbocycles. The van der Waals surface area contributed by atoms with Crippen LogP contribution in [0.3, 0.4) is 0 Å². The zero-order chi connectivity index (χ0) is 11.5. The van der Waals surface area contributed by atoms with E-state index >= 15 is 0 Å². The fraction of sp³-hybridized carbons (Fsp3) is 0.538. The van der Waals surface area contributed by atoms with Crippen LogP contribution >= 0.6 is 0 Å². The van der Waals surface area contributed by atoms with Gasteiger partial charge in [0.05, 0.1) is 6.10 Å². The highest BCUT2D eigenvalue weighted by Crippen LogP contribution is 2.26. The molecule has 2 nitrogen and oxygen atoms in total. The number of rotatable bonds is 4. The minimum atomic E-state index is -0.147. The topological polar surface area (TPSA) is 32.3 Å². The van der Waals surface area contributed by atoms with Crippen LogP contribution in [0.4, 0.5) is 4.39 Å². The first-order chi connectivity index (χ1) is 7.65. The molecule has 88 valence electrons. The van der Waals surface area contributed by atoms with Crippen LogP contribution in [0.25, 0.3) is 0 Å². The van der Waals surface area contributed by atoms with Crippen molar-refractivity contribution >= 4 is 0 Å². The molecule has 1 aliphatic carbocycles. The molecule has 1 aromatic rings. The van der Waals surface area contributed by atoms with Crippen LogP contribution in [0.5, 0.6) is 0 Å². The smallest absolute Gasteiger partial charge is 0.126 e. The van der Waals surface area contributed by atoms with Gasteiger partial charge in [-0.3, -0.25) is 0 Å². The molecule has 1 saturated carbocycles. The molecule has 2 rings (SSSR count). The Balaban J connectivity index is 1.74. The highest BCUT2D eigenvalue weighted by atomic mass is 19.1. The summed E-state index contributed by atoms with van der Waals surface area (Å²) >= 11 is 0. The Kier molecular flexibility index (Phi) is 3.56. The van der Waals surface area contributed by atoms with Crippen molar-refractivity contribution in [2.45, 2.75) is 32.4 Å². The molecule has 16 heavy (non-hydrogen) atoms. The minimum Gasteiger partial charge on any atom is -0.393 e. The Labute approximate surface area is 95.5 Å². The maximum Gasteiger partial charge on any atom is 0.126 e. The van der Waals surface area contributed by atoms with Gasteiger partial charge in [-0.2, -0.15) is 0 Å². The molecule has 2 N–H and O–H groups in total. The lowest BCUT2D eigenvalue weighted by Gasteiger charge is -2.31. The van der Waals surface area contributed by atoms with E-state index < -0.39 is 0 Å². The summed E-state index contributed by atoms with van der Waals surface area (Å²) in [7, 11) is 0. The number of nitrogens with one attached hydrogen (secondary N) is 1. The van der Waals surface area contributed by atoms with Crippen molar-refractivity contribution in [3.05, 3.63) is 35.1 Å². The Morgan fingerprint density at radius 3 is 2.81 bits per heavy atom. The fourth-order valence-corrected chi connectivity index (χ4v) is 2.10. The Morgan fingerprint density at radius 1 is 1.44 bits per heavy atom. The van der Waals surface area contributed by atoms with E-state index in [1.54, 1.807) is 6.92 Å². The molecule has 1 fully saturated rings. The van der Waals surface area contributed by atoms with Crippen molar-refractivity contribution in [1.82, 2.24) is 5.32 Å². The molecule has 0 unspecified atom stereocenters. The number of aliphatic hydroxyl groups excluding tert-OH is 1. The van der Waals surface area contributed by atoms with Crippen LogP contribution in [0, 0.1) is 18.7 Å². The van der Waals surface area contributed by atoms with Crippen LogP contribution < -0.4 is 5.32 Å². The molecule has 0 saturated heterocycles. The molecule has 0 radical (unpaired) electrons. The summed E-state index contributed by atoms with van der Waals surface area (Å²) < 4.78 is 13.0. The van der Waals surface area contributed by atoms with E-state index in [9.17, 15) is 4.39 Å². The molecule has 0 bridgehead atoms. The summed E-state index contributed by atoms with van der Waals surface area (Å²) in [6, 6.07) is 5.20. The van der Waals surface area contributed by atoms with Gasteiger partial charge in [0.15, 0.2) is 0 Å². The van der Waals surface area contributed by atoms with Gasteiger partial charge in [-0.15, -0.1) is 0 Å². The highest BCUT2D eigenvalue weighted by Gasteiger charge is 2.26. The molecule has 0 amide bonds. The van der Waals surface area contributed by atoms with Crippen molar-refractivity contribution in [2.24, 2.45) is 5.92 Å². The first kappa shape index (κ1) is 11.6. The lowest BCUT2D eigenvalue weighted by Crippen LogP contribution is -2.35. The van der Waals surface area contributed by atoms with Crippen molar-refractivity contribution in [2.75, 3.05) is 6.54 Å². The van der Waals surface area contributed by atoms with Crippen LogP contribution in [0.2, 0.25) is 0 Å². The van der Waals surface area contributed by atoms with Crippen molar-refractivity contribution < 1.29 is 9.50 Å².